The van der Waals surface area contributed by atoms with Crippen LogP contribution in [0.15, 0.2) is 0 Å². The average Bonchev–Trinajstić information content (AvgIpc) is 2.07. The molecule has 0 aromatic heterocycles. The lowest BCUT2D eigenvalue weighted by atomic mass is 9.49. The molecule has 0 aromatic rings. The van der Waals surface area contributed by atoms with Crippen molar-refractivity contribution in [3.05, 3.63) is 0 Å². The number of carboxylic acid groups (broad SMARTS) is 1. The maximum absolute atomic E-state index is 11.1. The second-order valence-electron chi connectivity index (χ2n) is 4.52. The van der Waals surface area contributed by atoms with Crippen LogP contribution < -0.4 is 5.73 Å². The van der Waals surface area contributed by atoms with Crippen LogP contribution in [0.5, 0.6) is 0 Å². The van der Waals surface area contributed by atoms with E-state index in [1.165, 1.54) is 19.3 Å². The average molecular weight is 183 g/mol. The van der Waals surface area contributed by atoms with Gasteiger partial charge in [0.15, 0.2) is 0 Å². The highest BCUT2D eigenvalue weighted by Gasteiger charge is 2.57. The van der Waals surface area contributed by atoms with Gasteiger partial charge in [-0.1, -0.05) is 19.3 Å². The number of carboxylic acids is 1. The summed E-state index contributed by atoms with van der Waals surface area (Å²) in [5, 5.41) is 9.14. The molecule has 2 aliphatic rings. The molecule has 0 radical (unpaired) electrons. The quantitative estimate of drug-likeness (QED) is 0.676. The monoisotopic (exact) mass is 183 g/mol. The predicted octanol–water partition coefficient (Wildman–Crippen LogP) is 1.23. The van der Waals surface area contributed by atoms with Crippen molar-refractivity contribution < 1.29 is 9.90 Å². The Morgan fingerprint density at radius 1 is 1.46 bits per heavy atom. The first kappa shape index (κ1) is 9.00. The molecule has 2 fully saturated rings. The third kappa shape index (κ3) is 1.10. The van der Waals surface area contributed by atoms with E-state index in [4.69, 9.17) is 10.8 Å². The normalized spacial score (nSPS) is 43.5. The first-order valence-electron chi connectivity index (χ1n) is 5.14. The van der Waals surface area contributed by atoms with Gasteiger partial charge in [-0.25, -0.2) is 0 Å². The Kier molecular flexibility index (Phi) is 2.06. The first-order valence-corrected chi connectivity index (χ1v) is 5.14. The Bertz CT molecular complexity index is 229. The molecule has 0 bridgehead atoms. The second kappa shape index (κ2) is 2.98. The topological polar surface area (TPSA) is 63.3 Å². The summed E-state index contributed by atoms with van der Waals surface area (Å²) in [7, 11) is 0. The molecule has 13 heavy (non-hydrogen) atoms. The van der Waals surface area contributed by atoms with Gasteiger partial charge in [-0.2, -0.15) is 0 Å². The largest absolute Gasteiger partial charge is 0.481 e. The van der Waals surface area contributed by atoms with Crippen LogP contribution in [0.3, 0.4) is 0 Å². The lowest BCUT2D eigenvalue weighted by Gasteiger charge is -2.54. The fourth-order valence-electron chi connectivity index (χ4n) is 3.21. The van der Waals surface area contributed by atoms with Crippen molar-refractivity contribution in [2.45, 2.75) is 32.1 Å². The Morgan fingerprint density at radius 3 is 2.69 bits per heavy atom. The zero-order chi connectivity index (χ0) is 9.47. The number of hydrogen-bond acceptors (Lipinski definition) is 2. The summed E-state index contributed by atoms with van der Waals surface area (Å²) in [6.45, 7) is 0.323. The summed E-state index contributed by atoms with van der Waals surface area (Å²) in [6.07, 6.45) is 5.59. The molecule has 2 rings (SSSR count). The highest BCUT2D eigenvalue weighted by Crippen LogP contribution is 2.57. The lowest BCUT2D eigenvalue weighted by molar-refractivity contribution is -0.170. The highest BCUT2D eigenvalue weighted by atomic mass is 16.4. The molecule has 3 nitrogen and oxygen atoms in total. The summed E-state index contributed by atoms with van der Waals surface area (Å²) in [6, 6.07) is 0. The number of fused-ring (bicyclic) bond motifs is 1. The minimum absolute atomic E-state index is 0.323. The number of aliphatic carboxylic acids is 1. The van der Waals surface area contributed by atoms with Gasteiger partial charge in [0.2, 0.25) is 0 Å². The van der Waals surface area contributed by atoms with Crippen LogP contribution in [0.2, 0.25) is 0 Å². The van der Waals surface area contributed by atoms with Crippen LogP contribution >= 0.6 is 0 Å². The zero-order valence-corrected chi connectivity index (χ0v) is 7.83. The SMILES string of the molecule is NC[C@@]1(C(=O)O)C[C@H]2CCCC[C@H]21. The summed E-state index contributed by atoms with van der Waals surface area (Å²) in [5.41, 5.74) is 5.05. The van der Waals surface area contributed by atoms with E-state index in [9.17, 15) is 4.79 Å². The first-order chi connectivity index (χ1) is 6.20. The number of hydrogen-bond donors (Lipinski definition) is 2. The Balaban J connectivity index is 2.12. The third-order valence-corrected chi connectivity index (χ3v) is 4.04. The smallest absolute Gasteiger partial charge is 0.311 e. The van der Waals surface area contributed by atoms with Crippen molar-refractivity contribution >= 4 is 5.97 Å². The van der Waals surface area contributed by atoms with Gasteiger partial charge < -0.3 is 10.8 Å². The molecule has 3 atom stereocenters. The minimum atomic E-state index is -0.668. The minimum Gasteiger partial charge on any atom is -0.481 e. The van der Waals surface area contributed by atoms with E-state index in [2.05, 4.69) is 0 Å². The lowest BCUT2D eigenvalue weighted by Crippen LogP contribution is -2.58. The highest BCUT2D eigenvalue weighted by molar-refractivity contribution is 5.77. The second-order valence-corrected chi connectivity index (χ2v) is 4.52. The molecule has 0 heterocycles. The summed E-state index contributed by atoms with van der Waals surface area (Å²) < 4.78 is 0. The van der Waals surface area contributed by atoms with Crippen molar-refractivity contribution in [1.82, 2.24) is 0 Å². The van der Waals surface area contributed by atoms with Crippen LogP contribution in [0.4, 0.5) is 0 Å². The molecule has 0 saturated heterocycles. The van der Waals surface area contributed by atoms with E-state index < -0.39 is 11.4 Å². The molecule has 74 valence electrons. The van der Waals surface area contributed by atoms with Gasteiger partial charge in [-0.05, 0) is 24.7 Å². The van der Waals surface area contributed by atoms with E-state index in [-0.39, 0.29) is 0 Å². The van der Waals surface area contributed by atoms with Crippen LogP contribution in [0.25, 0.3) is 0 Å². The fraction of sp³-hybridized carbons (Fsp3) is 0.900. The molecule has 3 N–H and O–H groups in total. The van der Waals surface area contributed by atoms with Gasteiger partial charge in [-0.15, -0.1) is 0 Å². The molecule has 3 heteroatoms. The predicted molar refractivity (Wildman–Crippen MR) is 49.2 cm³/mol. The molecular formula is C10H17NO2. The number of rotatable bonds is 2. The molecule has 0 unspecified atom stereocenters. The molecule has 0 aliphatic heterocycles. The van der Waals surface area contributed by atoms with Gasteiger partial charge in [0.05, 0.1) is 5.41 Å². The van der Waals surface area contributed by atoms with Crippen molar-refractivity contribution in [1.29, 1.82) is 0 Å². The van der Waals surface area contributed by atoms with E-state index in [1.54, 1.807) is 0 Å². The third-order valence-electron chi connectivity index (χ3n) is 4.04. The maximum atomic E-state index is 11.1. The van der Waals surface area contributed by atoms with Crippen LogP contribution in [-0.2, 0) is 4.79 Å². The molecule has 0 amide bonds. The van der Waals surface area contributed by atoms with Crippen molar-refractivity contribution in [2.24, 2.45) is 23.0 Å². The van der Waals surface area contributed by atoms with E-state index in [0.29, 0.717) is 18.4 Å². The van der Waals surface area contributed by atoms with Gasteiger partial charge >= 0.3 is 5.97 Å². The molecule has 2 aliphatic carbocycles. The van der Waals surface area contributed by atoms with E-state index in [0.717, 1.165) is 12.8 Å². The Morgan fingerprint density at radius 2 is 2.15 bits per heavy atom. The van der Waals surface area contributed by atoms with Gasteiger partial charge in [0.1, 0.15) is 0 Å². The van der Waals surface area contributed by atoms with Crippen molar-refractivity contribution in [2.75, 3.05) is 6.54 Å². The van der Waals surface area contributed by atoms with Crippen LogP contribution in [-0.4, -0.2) is 17.6 Å². The maximum Gasteiger partial charge on any atom is 0.311 e. The number of carbonyl (C=O) groups is 1. The Labute approximate surface area is 78.3 Å². The zero-order valence-electron chi connectivity index (χ0n) is 7.83. The molecular weight excluding hydrogens is 166 g/mol. The molecule has 0 spiro atoms. The molecule has 2 saturated carbocycles. The van der Waals surface area contributed by atoms with Crippen molar-refractivity contribution in [3.63, 3.8) is 0 Å². The van der Waals surface area contributed by atoms with Gasteiger partial charge in [0, 0.05) is 6.54 Å². The molecule has 0 aromatic carbocycles. The number of nitrogens with two attached hydrogens (primary N) is 1. The summed E-state index contributed by atoms with van der Waals surface area (Å²) >= 11 is 0. The Hall–Kier alpha value is -0.570. The van der Waals surface area contributed by atoms with Gasteiger partial charge in [-0.3, -0.25) is 4.79 Å². The fourth-order valence-corrected chi connectivity index (χ4v) is 3.21. The van der Waals surface area contributed by atoms with Crippen LogP contribution in [0, 0.1) is 17.3 Å². The van der Waals surface area contributed by atoms with Gasteiger partial charge in [0.25, 0.3) is 0 Å². The standard InChI is InChI=1S/C10H17NO2/c11-6-10(9(12)13)5-7-3-1-2-4-8(7)10/h7-8H,1-6,11H2,(H,12,13)/t7-,8-,10+/m1/s1. The van der Waals surface area contributed by atoms with E-state index >= 15 is 0 Å². The van der Waals surface area contributed by atoms with E-state index in [1.807, 2.05) is 0 Å². The van der Waals surface area contributed by atoms with Crippen molar-refractivity contribution in [3.8, 4) is 0 Å². The summed E-state index contributed by atoms with van der Waals surface area (Å²) in [4.78, 5) is 11.1. The summed E-state index contributed by atoms with van der Waals surface area (Å²) in [5.74, 6) is 0.371. The van der Waals surface area contributed by atoms with Crippen LogP contribution in [0.1, 0.15) is 32.1 Å².